The number of nitrogens with two attached hydrogens (primary N) is 1. The zero-order valence-electron chi connectivity index (χ0n) is 11.5. The van der Waals surface area contributed by atoms with Gasteiger partial charge in [-0.1, -0.05) is 13.8 Å². The number of carbonyl (C=O) groups excluding carboxylic acids is 1. The van der Waals surface area contributed by atoms with Crippen LogP contribution in [-0.4, -0.2) is 32.2 Å². The molecule has 0 fully saturated rings. The van der Waals surface area contributed by atoms with Gasteiger partial charge in [-0.25, -0.2) is 0 Å². The average Bonchev–Trinajstić information content (AvgIpc) is 2.27. The van der Waals surface area contributed by atoms with Crippen molar-refractivity contribution in [3.63, 3.8) is 0 Å². The van der Waals surface area contributed by atoms with E-state index in [0.717, 1.165) is 19.4 Å². The number of rotatable bonds is 10. The monoisotopic (exact) mass is 244 g/mol. The Balaban J connectivity index is 3.61. The van der Waals surface area contributed by atoms with Gasteiger partial charge in [0.05, 0.1) is 0 Å². The molecule has 4 nitrogen and oxygen atoms in total. The van der Waals surface area contributed by atoms with Gasteiger partial charge in [0.1, 0.15) is 0 Å². The molecule has 0 rings (SSSR count). The molecule has 0 heterocycles. The summed E-state index contributed by atoms with van der Waals surface area (Å²) in [6.45, 7) is 9.00. The number of ether oxygens (including phenoxy) is 1. The summed E-state index contributed by atoms with van der Waals surface area (Å²) < 4.78 is 5.20. The van der Waals surface area contributed by atoms with E-state index in [1.165, 1.54) is 0 Å². The lowest BCUT2D eigenvalue weighted by Gasteiger charge is -2.16. The second-order valence-electron chi connectivity index (χ2n) is 4.84. The lowest BCUT2D eigenvalue weighted by molar-refractivity contribution is -0.122. The Hall–Kier alpha value is -0.610. The van der Waals surface area contributed by atoms with Gasteiger partial charge in [0.2, 0.25) is 5.91 Å². The number of carbonyl (C=O) groups is 1. The molecule has 0 unspecified atom stereocenters. The van der Waals surface area contributed by atoms with E-state index < -0.39 is 0 Å². The summed E-state index contributed by atoms with van der Waals surface area (Å²) in [6.07, 6.45) is 2.43. The normalized spacial score (nSPS) is 12.8. The van der Waals surface area contributed by atoms with Gasteiger partial charge in [-0.05, 0) is 38.1 Å². The molecule has 0 aliphatic heterocycles. The molecular formula is C13H28N2O2. The molecule has 0 aliphatic rings. The van der Waals surface area contributed by atoms with Crippen LogP contribution in [0.15, 0.2) is 0 Å². The highest BCUT2D eigenvalue weighted by Gasteiger charge is 2.13. The predicted octanol–water partition coefficient (Wildman–Crippen LogP) is 1.54. The molecule has 0 aromatic heterocycles. The van der Waals surface area contributed by atoms with Crippen molar-refractivity contribution < 1.29 is 9.53 Å². The number of nitrogens with one attached hydrogen (secondary N) is 1. The van der Waals surface area contributed by atoms with Crippen molar-refractivity contribution in [2.75, 3.05) is 26.3 Å². The van der Waals surface area contributed by atoms with Gasteiger partial charge in [-0.2, -0.15) is 0 Å². The van der Waals surface area contributed by atoms with Crippen molar-refractivity contribution in [2.24, 2.45) is 17.6 Å². The summed E-state index contributed by atoms with van der Waals surface area (Å²) in [4.78, 5) is 11.6. The third-order valence-electron chi connectivity index (χ3n) is 2.60. The maximum atomic E-state index is 11.6. The third-order valence-corrected chi connectivity index (χ3v) is 2.60. The molecule has 0 aliphatic carbocycles. The van der Waals surface area contributed by atoms with Gasteiger partial charge >= 0.3 is 0 Å². The molecule has 0 saturated heterocycles. The minimum Gasteiger partial charge on any atom is -0.382 e. The molecule has 0 saturated carbocycles. The van der Waals surface area contributed by atoms with Gasteiger partial charge in [0.15, 0.2) is 0 Å². The maximum absolute atomic E-state index is 11.6. The van der Waals surface area contributed by atoms with Crippen LogP contribution >= 0.6 is 0 Å². The summed E-state index contributed by atoms with van der Waals surface area (Å²) >= 11 is 0. The van der Waals surface area contributed by atoms with Gasteiger partial charge in [0.25, 0.3) is 0 Å². The highest BCUT2D eigenvalue weighted by atomic mass is 16.5. The SMILES string of the molecule is CCOCCCNC(=O)C[C@@H](CN)CC(C)C. The Bertz CT molecular complexity index is 196. The van der Waals surface area contributed by atoms with E-state index in [0.29, 0.717) is 38.0 Å². The summed E-state index contributed by atoms with van der Waals surface area (Å²) in [5.41, 5.74) is 5.66. The molecule has 4 heteroatoms. The Labute approximate surface area is 105 Å². The standard InChI is InChI=1S/C13H28N2O2/c1-4-17-7-5-6-15-13(16)9-12(10-14)8-11(2)3/h11-12H,4-10,14H2,1-3H3,(H,15,16)/t12-/m0/s1. The predicted molar refractivity (Wildman–Crippen MR) is 70.7 cm³/mol. The van der Waals surface area contributed by atoms with Crippen LogP contribution in [0.25, 0.3) is 0 Å². The van der Waals surface area contributed by atoms with Crippen LogP contribution in [0.4, 0.5) is 0 Å². The summed E-state index contributed by atoms with van der Waals surface area (Å²) in [6, 6.07) is 0. The average molecular weight is 244 g/mol. The van der Waals surface area contributed by atoms with Crippen LogP contribution in [0.5, 0.6) is 0 Å². The van der Waals surface area contributed by atoms with Crippen LogP contribution in [-0.2, 0) is 9.53 Å². The highest BCUT2D eigenvalue weighted by molar-refractivity contribution is 5.76. The van der Waals surface area contributed by atoms with Crippen LogP contribution in [0.2, 0.25) is 0 Å². The summed E-state index contributed by atoms with van der Waals surface area (Å²) in [5, 5.41) is 2.91. The van der Waals surface area contributed by atoms with Crippen molar-refractivity contribution in [1.29, 1.82) is 0 Å². The van der Waals surface area contributed by atoms with Gasteiger partial charge in [-0.15, -0.1) is 0 Å². The van der Waals surface area contributed by atoms with E-state index in [4.69, 9.17) is 10.5 Å². The molecule has 3 N–H and O–H groups in total. The van der Waals surface area contributed by atoms with Gasteiger partial charge in [0, 0.05) is 26.2 Å². The Kier molecular flexibility index (Phi) is 10.2. The second kappa shape index (κ2) is 10.5. The van der Waals surface area contributed by atoms with E-state index in [-0.39, 0.29) is 5.91 Å². The number of amides is 1. The van der Waals surface area contributed by atoms with Crippen LogP contribution in [0.1, 0.15) is 40.0 Å². The van der Waals surface area contributed by atoms with Crippen LogP contribution in [0.3, 0.4) is 0 Å². The van der Waals surface area contributed by atoms with Gasteiger partial charge < -0.3 is 15.8 Å². The smallest absolute Gasteiger partial charge is 0.220 e. The lowest BCUT2D eigenvalue weighted by Crippen LogP contribution is -2.30. The van der Waals surface area contributed by atoms with Crippen LogP contribution in [0, 0.1) is 11.8 Å². The van der Waals surface area contributed by atoms with Crippen LogP contribution < -0.4 is 11.1 Å². The zero-order valence-corrected chi connectivity index (χ0v) is 11.5. The Morgan fingerprint density at radius 2 is 2.12 bits per heavy atom. The van der Waals surface area contributed by atoms with E-state index >= 15 is 0 Å². The molecule has 0 bridgehead atoms. The Morgan fingerprint density at radius 3 is 2.65 bits per heavy atom. The first-order valence-electron chi connectivity index (χ1n) is 6.64. The van der Waals surface area contributed by atoms with E-state index in [2.05, 4.69) is 19.2 Å². The Morgan fingerprint density at radius 1 is 1.41 bits per heavy atom. The largest absolute Gasteiger partial charge is 0.382 e. The molecule has 1 amide bonds. The first-order chi connectivity index (χ1) is 8.10. The van der Waals surface area contributed by atoms with E-state index in [1.54, 1.807) is 0 Å². The summed E-state index contributed by atoms with van der Waals surface area (Å²) in [5.74, 6) is 1.01. The first-order valence-corrected chi connectivity index (χ1v) is 6.64. The molecular weight excluding hydrogens is 216 g/mol. The third kappa shape index (κ3) is 10.3. The fourth-order valence-electron chi connectivity index (χ4n) is 1.81. The maximum Gasteiger partial charge on any atom is 0.220 e. The molecule has 1 atom stereocenters. The summed E-state index contributed by atoms with van der Waals surface area (Å²) in [7, 11) is 0. The van der Waals surface area contributed by atoms with Crippen molar-refractivity contribution in [3.05, 3.63) is 0 Å². The molecule has 17 heavy (non-hydrogen) atoms. The van der Waals surface area contributed by atoms with E-state index in [9.17, 15) is 4.79 Å². The fraction of sp³-hybridized carbons (Fsp3) is 0.923. The fourth-order valence-corrected chi connectivity index (χ4v) is 1.81. The molecule has 0 aromatic rings. The topological polar surface area (TPSA) is 64.3 Å². The van der Waals surface area contributed by atoms with Crippen molar-refractivity contribution >= 4 is 5.91 Å². The zero-order chi connectivity index (χ0) is 13.1. The van der Waals surface area contributed by atoms with Gasteiger partial charge in [-0.3, -0.25) is 4.79 Å². The second-order valence-corrected chi connectivity index (χ2v) is 4.84. The molecule has 0 radical (unpaired) electrons. The van der Waals surface area contributed by atoms with Crippen molar-refractivity contribution in [2.45, 2.75) is 40.0 Å². The molecule has 0 aromatic carbocycles. The minimum absolute atomic E-state index is 0.109. The number of hydrogen-bond acceptors (Lipinski definition) is 3. The van der Waals surface area contributed by atoms with Crippen molar-refractivity contribution in [3.8, 4) is 0 Å². The van der Waals surface area contributed by atoms with Crippen molar-refractivity contribution in [1.82, 2.24) is 5.32 Å². The van der Waals surface area contributed by atoms with E-state index in [1.807, 2.05) is 6.92 Å². The lowest BCUT2D eigenvalue weighted by atomic mass is 9.94. The number of hydrogen-bond donors (Lipinski definition) is 2. The quantitative estimate of drug-likeness (QED) is 0.573. The highest BCUT2D eigenvalue weighted by Crippen LogP contribution is 2.13. The first kappa shape index (κ1) is 16.4. The molecule has 102 valence electrons. The minimum atomic E-state index is 0.109. The molecule has 0 spiro atoms.